The van der Waals surface area contributed by atoms with Crippen LogP contribution in [0.1, 0.15) is 47.3 Å². The number of ether oxygens (including phenoxy) is 1. The largest absolute Gasteiger partial charge is 0.479 e. The first kappa shape index (κ1) is 18.5. The summed E-state index contributed by atoms with van der Waals surface area (Å²) >= 11 is 1.61. The lowest BCUT2D eigenvalue weighted by Gasteiger charge is -2.33. The van der Waals surface area contributed by atoms with Crippen LogP contribution in [0.25, 0.3) is 0 Å². The average molecular weight is 369 g/mol. The number of nitrogens with one attached hydrogen (secondary N) is 1. The lowest BCUT2D eigenvalue weighted by atomic mass is 9.72. The summed E-state index contributed by atoms with van der Waals surface area (Å²) in [5.41, 5.74) is 2.30. The molecule has 1 amide bonds. The summed E-state index contributed by atoms with van der Waals surface area (Å²) in [6.45, 7) is 6.88. The number of hydrogen-bond acceptors (Lipinski definition) is 4. The number of thiophene rings is 1. The van der Waals surface area contributed by atoms with Gasteiger partial charge in [0.1, 0.15) is 11.8 Å². The molecule has 1 aromatic carbocycles. The van der Waals surface area contributed by atoms with Gasteiger partial charge in [0.15, 0.2) is 6.61 Å². The van der Waals surface area contributed by atoms with Gasteiger partial charge in [-0.1, -0.05) is 26.8 Å². The van der Waals surface area contributed by atoms with E-state index in [1.807, 2.05) is 12.1 Å². The number of nitrogens with zero attached hydrogens (tertiary/aromatic N) is 1. The van der Waals surface area contributed by atoms with E-state index in [0.29, 0.717) is 22.8 Å². The van der Waals surface area contributed by atoms with Gasteiger partial charge >= 0.3 is 0 Å². The molecular formula is C21H24N2O2S. The first-order valence-electron chi connectivity index (χ1n) is 8.89. The molecule has 1 N–H and O–H groups in total. The molecule has 1 aliphatic rings. The van der Waals surface area contributed by atoms with E-state index in [1.165, 1.54) is 16.9 Å². The van der Waals surface area contributed by atoms with Gasteiger partial charge in [0.25, 0.3) is 5.91 Å². The molecule has 0 aliphatic heterocycles. The van der Waals surface area contributed by atoms with Crippen molar-refractivity contribution in [3.63, 3.8) is 0 Å². The molecular weight excluding hydrogens is 344 g/mol. The van der Waals surface area contributed by atoms with Crippen LogP contribution < -0.4 is 10.1 Å². The van der Waals surface area contributed by atoms with E-state index in [9.17, 15) is 4.79 Å². The van der Waals surface area contributed by atoms with Gasteiger partial charge in [-0.05, 0) is 54.4 Å². The first-order valence-corrected chi connectivity index (χ1v) is 9.71. The monoisotopic (exact) mass is 368 g/mol. The summed E-state index contributed by atoms with van der Waals surface area (Å²) in [6, 6.07) is 11.1. The summed E-state index contributed by atoms with van der Waals surface area (Å²) in [7, 11) is 0. The first-order chi connectivity index (χ1) is 12.4. The molecule has 0 saturated heterocycles. The van der Waals surface area contributed by atoms with Crippen molar-refractivity contribution in [1.29, 1.82) is 5.26 Å². The van der Waals surface area contributed by atoms with Gasteiger partial charge in [0.2, 0.25) is 0 Å². The Morgan fingerprint density at radius 1 is 1.38 bits per heavy atom. The maximum Gasteiger partial charge on any atom is 0.265 e. The number of amides is 1. The van der Waals surface area contributed by atoms with Crippen molar-refractivity contribution in [2.24, 2.45) is 11.3 Å². The number of fused-ring (bicyclic) bond motifs is 1. The zero-order valence-corrected chi connectivity index (χ0v) is 16.3. The quantitative estimate of drug-likeness (QED) is 0.821. The highest BCUT2D eigenvalue weighted by molar-refractivity contribution is 7.14. The van der Waals surface area contributed by atoms with Gasteiger partial charge in [-0.15, -0.1) is 11.3 Å². The van der Waals surface area contributed by atoms with Crippen molar-refractivity contribution in [2.45, 2.75) is 40.0 Å². The van der Waals surface area contributed by atoms with Crippen LogP contribution in [0.5, 0.6) is 5.75 Å². The van der Waals surface area contributed by atoms with Crippen molar-refractivity contribution in [3.8, 4) is 11.8 Å². The lowest BCUT2D eigenvalue weighted by molar-refractivity contribution is 0.103. The summed E-state index contributed by atoms with van der Waals surface area (Å²) in [5.74, 6) is 1.14. The fraction of sp³-hybridized carbons (Fsp3) is 0.429. The summed E-state index contributed by atoms with van der Waals surface area (Å²) in [5, 5.41) is 11.5. The minimum Gasteiger partial charge on any atom is -0.479 e. The maximum absolute atomic E-state index is 12.6. The van der Waals surface area contributed by atoms with Crippen molar-refractivity contribution in [1.82, 2.24) is 0 Å². The number of carbonyl (C=O) groups is 1. The number of carbonyl (C=O) groups excluding carboxylic acids is 1. The molecule has 1 atom stereocenters. The average Bonchev–Trinajstić information content (AvgIpc) is 3.03. The van der Waals surface area contributed by atoms with Crippen LogP contribution in [0.2, 0.25) is 0 Å². The Kier molecular flexibility index (Phi) is 5.33. The second-order valence-electron chi connectivity index (χ2n) is 7.79. The summed E-state index contributed by atoms with van der Waals surface area (Å²) < 4.78 is 5.28. The fourth-order valence-electron chi connectivity index (χ4n) is 3.35. The van der Waals surface area contributed by atoms with Gasteiger partial charge < -0.3 is 10.1 Å². The Hall–Kier alpha value is -2.32. The molecule has 1 heterocycles. The molecule has 0 radical (unpaired) electrons. The van der Waals surface area contributed by atoms with Crippen LogP contribution in [0, 0.1) is 22.7 Å². The molecule has 1 aliphatic carbocycles. The van der Waals surface area contributed by atoms with Crippen molar-refractivity contribution < 1.29 is 9.53 Å². The Morgan fingerprint density at radius 3 is 2.92 bits per heavy atom. The molecule has 0 saturated carbocycles. The second-order valence-corrected chi connectivity index (χ2v) is 8.93. The molecule has 0 bridgehead atoms. The molecule has 4 nitrogen and oxygen atoms in total. The number of nitriles is 1. The Labute approximate surface area is 158 Å². The zero-order chi connectivity index (χ0) is 18.7. The van der Waals surface area contributed by atoms with Gasteiger partial charge in [0, 0.05) is 16.6 Å². The van der Waals surface area contributed by atoms with E-state index in [2.05, 4.69) is 32.2 Å². The second kappa shape index (κ2) is 7.51. The van der Waals surface area contributed by atoms with Gasteiger partial charge in [-0.3, -0.25) is 4.79 Å². The van der Waals surface area contributed by atoms with Crippen LogP contribution in [0.15, 0.2) is 30.3 Å². The van der Waals surface area contributed by atoms with Crippen LogP contribution >= 0.6 is 11.3 Å². The molecule has 3 rings (SSSR count). The lowest BCUT2D eigenvalue weighted by Crippen LogP contribution is -2.26. The smallest absolute Gasteiger partial charge is 0.265 e. The number of rotatable bonds is 4. The molecule has 1 aromatic heterocycles. The third kappa shape index (κ3) is 4.25. The molecule has 136 valence electrons. The highest BCUT2D eigenvalue weighted by atomic mass is 32.1. The van der Waals surface area contributed by atoms with Crippen LogP contribution in [0.4, 0.5) is 5.69 Å². The number of hydrogen-bond donors (Lipinski definition) is 1. The molecule has 26 heavy (non-hydrogen) atoms. The van der Waals surface area contributed by atoms with Crippen molar-refractivity contribution in [2.75, 3.05) is 11.9 Å². The number of anilines is 1. The topological polar surface area (TPSA) is 62.1 Å². The third-order valence-electron chi connectivity index (χ3n) is 4.93. The fourth-order valence-corrected chi connectivity index (χ4v) is 4.45. The Balaban J connectivity index is 1.70. The predicted octanol–water partition coefficient (Wildman–Crippen LogP) is 5.05. The normalized spacial score (nSPS) is 16.5. The van der Waals surface area contributed by atoms with Gasteiger partial charge in [-0.25, -0.2) is 0 Å². The van der Waals surface area contributed by atoms with Gasteiger partial charge in [-0.2, -0.15) is 5.26 Å². The molecule has 5 heteroatoms. The zero-order valence-electron chi connectivity index (χ0n) is 15.5. The van der Waals surface area contributed by atoms with Crippen LogP contribution in [0.3, 0.4) is 0 Å². The van der Waals surface area contributed by atoms with E-state index in [-0.39, 0.29) is 12.5 Å². The summed E-state index contributed by atoms with van der Waals surface area (Å²) in [6.07, 6.45) is 3.31. The van der Waals surface area contributed by atoms with E-state index >= 15 is 0 Å². The molecule has 0 spiro atoms. The third-order valence-corrected chi connectivity index (χ3v) is 6.16. The standard InChI is InChI=1S/C21H24N2O2S/c1-21(2,3)15-7-8-18-14(11-15)12-19(26-18)20(24)23-16-5-4-6-17(13-16)25-10-9-22/h4-6,12-13,15H,7-8,10-11H2,1-3H3,(H,23,24). The van der Waals surface area contributed by atoms with Crippen molar-refractivity contribution in [3.05, 3.63) is 45.6 Å². The molecule has 2 aromatic rings. The minimum absolute atomic E-state index is 0.00993. The summed E-state index contributed by atoms with van der Waals surface area (Å²) in [4.78, 5) is 14.7. The van der Waals surface area contributed by atoms with Gasteiger partial charge in [0.05, 0.1) is 4.88 Å². The highest BCUT2D eigenvalue weighted by Crippen LogP contribution is 2.40. The van der Waals surface area contributed by atoms with Crippen LogP contribution in [-0.4, -0.2) is 12.5 Å². The van der Waals surface area contributed by atoms with Crippen LogP contribution in [-0.2, 0) is 12.8 Å². The maximum atomic E-state index is 12.6. The number of aryl methyl sites for hydroxylation is 1. The van der Waals surface area contributed by atoms with E-state index in [0.717, 1.165) is 17.7 Å². The number of benzene rings is 1. The van der Waals surface area contributed by atoms with E-state index in [4.69, 9.17) is 10.00 Å². The molecule has 0 fully saturated rings. The van der Waals surface area contributed by atoms with E-state index in [1.54, 1.807) is 29.5 Å². The van der Waals surface area contributed by atoms with E-state index < -0.39 is 0 Å². The highest BCUT2D eigenvalue weighted by Gasteiger charge is 2.30. The minimum atomic E-state index is -0.0888. The SMILES string of the molecule is CC(C)(C)C1CCc2sc(C(=O)Nc3cccc(OCC#N)c3)cc2C1. The Bertz CT molecular complexity index is 842. The Morgan fingerprint density at radius 2 is 2.19 bits per heavy atom. The predicted molar refractivity (Wildman–Crippen MR) is 105 cm³/mol. The van der Waals surface area contributed by atoms with Crippen molar-refractivity contribution >= 4 is 22.9 Å². The molecule has 1 unspecified atom stereocenters.